The smallest absolute Gasteiger partial charge is 0.241 e. The molecule has 0 radical (unpaired) electrons. The van der Waals surface area contributed by atoms with Crippen molar-refractivity contribution in [2.45, 2.75) is 6.04 Å². The molecule has 1 saturated heterocycles. The Kier molecular flexibility index (Phi) is 11.8. The minimum absolute atomic E-state index is 0. The number of carbonyl (C=O) groups is 2. The maximum absolute atomic E-state index is 12.1. The molecular weight excluding hydrogens is 403 g/mol. The molecule has 1 fully saturated rings. The summed E-state index contributed by atoms with van der Waals surface area (Å²) >= 11 is 6.03. The molecule has 7 nitrogen and oxygen atoms in total. The van der Waals surface area contributed by atoms with Gasteiger partial charge in [-0.1, -0.05) is 23.7 Å². The molecule has 1 atom stereocenters. The molecule has 1 aliphatic rings. The molecule has 1 heterocycles. The highest BCUT2D eigenvalue weighted by molar-refractivity contribution is 6.33. The number of piperazine rings is 1. The van der Waals surface area contributed by atoms with Gasteiger partial charge in [0.25, 0.3) is 0 Å². The SMILES string of the molecule is COCC(N)C(=O)N1CCN(CC(=O)Nc2ccccc2Cl)CC1.Cl.Cl. The van der Waals surface area contributed by atoms with Crippen LogP contribution >= 0.6 is 36.4 Å². The number of ether oxygens (including phenoxy) is 1. The highest BCUT2D eigenvalue weighted by atomic mass is 35.5. The summed E-state index contributed by atoms with van der Waals surface area (Å²) in [5, 5.41) is 3.30. The van der Waals surface area contributed by atoms with Crippen LogP contribution in [-0.2, 0) is 14.3 Å². The molecule has 148 valence electrons. The van der Waals surface area contributed by atoms with Crippen LogP contribution < -0.4 is 11.1 Å². The maximum atomic E-state index is 12.1. The van der Waals surface area contributed by atoms with E-state index in [2.05, 4.69) is 5.32 Å². The number of methoxy groups -OCH3 is 1. The number of nitrogens with zero attached hydrogens (tertiary/aromatic N) is 2. The third-order valence-corrected chi connectivity index (χ3v) is 4.19. The van der Waals surface area contributed by atoms with Crippen LogP contribution in [0.25, 0.3) is 0 Å². The van der Waals surface area contributed by atoms with Gasteiger partial charge < -0.3 is 20.7 Å². The van der Waals surface area contributed by atoms with E-state index in [9.17, 15) is 9.59 Å². The number of rotatable bonds is 6. The molecule has 0 spiro atoms. The Bertz CT molecular complexity index is 584. The zero-order valence-corrected chi connectivity index (χ0v) is 16.9. The fourth-order valence-electron chi connectivity index (χ4n) is 2.57. The number of para-hydroxylation sites is 1. The second-order valence-corrected chi connectivity index (χ2v) is 6.10. The van der Waals surface area contributed by atoms with Gasteiger partial charge in [-0.05, 0) is 12.1 Å². The first kappa shape index (κ1) is 24.9. The largest absolute Gasteiger partial charge is 0.383 e. The maximum Gasteiger partial charge on any atom is 0.241 e. The topological polar surface area (TPSA) is 87.9 Å². The first-order valence-electron chi connectivity index (χ1n) is 7.81. The van der Waals surface area contributed by atoms with E-state index in [1.165, 1.54) is 7.11 Å². The minimum atomic E-state index is -0.634. The van der Waals surface area contributed by atoms with E-state index in [0.717, 1.165) is 0 Å². The molecule has 1 unspecified atom stereocenters. The van der Waals surface area contributed by atoms with Crippen molar-refractivity contribution in [2.24, 2.45) is 5.73 Å². The Morgan fingerprint density at radius 3 is 2.42 bits per heavy atom. The molecule has 1 aromatic rings. The summed E-state index contributed by atoms with van der Waals surface area (Å²) in [6, 6.07) is 6.47. The van der Waals surface area contributed by atoms with Gasteiger partial charge in [-0.25, -0.2) is 0 Å². The molecule has 0 bridgehead atoms. The molecule has 3 N–H and O–H groups in total. The van der Waals surface area contributed by atoms with Crippen LogP contribution in [-0.4, -0.2) is 74.1 Å². The molecule has 26 heavy (non-hydrogen) atoms. The van der Waals surface area contributed by atoms with Crippen LogP contribution in [0.15, 0.2) is 24.3 Å². The predicted octanol–water partition coefficient (Wildman–Crippen LogP) is 1.24. The van der Waals surface area contributed by atoms with E-state index < -0.39 is 6.04 Å². The molecule has 2 amide bonds. The minimum Gasteiger partial charge on any atom is -0.383 e. The highest BCUT2D eigenvalue weighted by Gasteiger charge is 2.26. The van der Waals surface area contributed by atoms with Crippen LogP contribution in [0.3, 0.4) is 0 Å². The highest BCUT2D eigenvalue weighted by Crippen LogP contribution is 2.20. The second kappa shape index (κ2) is 12.3. The van der Waals surface area contributed by atoms with Crippen molar-refractivity contribution in [3.63, 3.8) is 0 Å². The Balaban J connectivity index is 0.00000312. The number of hydrogen-bond acceptors (Lipinski definition) is 5. The predicted molar refractivity (Wildman–Crippen MR) is 107 cm³/mol. The summed E-state index contributed by atoms with van der Waals surface area (Å²) < 4.78 is 4.91. The van der Waals surface area contributed by atoms with Crippen molar-refractivity contribution in [1.29, 1.82) is 0 Å². The molecule has 1 aliphatic heterocycles. The van der Waals surface area contributed by atoms with E-state index in [1.807, 2.05) is 17.0 Å². The summed E-state index contributed by atoms with van der Waals surface area (Å²) in [4.78, 5) is 27.9. The van der Waals surface area contributed by atoms with Gasteiger partial charge in [0, 0.05) is 33.3 Å². The molecule has 0 aromatic heterocycles. The lowest BCUT2D eigenvalue weighted by molar-refractivity contribution is -0.135. The molecule has 0 aliphatic carbocycles. The quantitative estimate of drug-likeness (QED) is 0.713. The normalized spacial score (nSPS) is 15.4. The second-order valence-electron chi connectivity index (χ2n) is 5.69. The van der Waals surface area contributed by atoms with Crippen molar-refractivity contribution in [2.75, 3.05) is 51.8 Å². The number of nitrogens with one attached hydrogen (secondary N) is 1. The first-order valence-corrected chi connectivity index (χ1v) is 8.19. The van der Waals surface area contributed by atoms with E-state index in [4.69, 9.17) is 22.1 Å². The molecule has 1 aromatic carbocycles. The van der Waals surface area contributed by atoms with Gasteiger partial charge in [-0.3, -0.25) is 14.5 Å². The Hall–Kier alpha value is -1.09. The number of amides is 2. The Morgan fingerprint density at radius 1 is 1.23 bits per heavy atom. The van der Waals surface area contributed by atoms with Gasteiger partial charge in [0.2, 0.25) is 11.8 Å². The molecule has 10 heteroatoms. The van der Waals surface area contributed by atoms with Crippen LogP contribution in [0.5, 0.6) is 0 Å². The number of anilines is 1. The lowest BCUT2D eigenvalue weighted by atomic mass is 10.2. The Labute approximate surface area is 171 Å². The fourth-order valence-corrected chi connectivity index (χ4v) is 2.75. The number of halogens is 3. The fraction of sp³-hybridized carbons (Fsp3) is 0.500. The molecule has 2 rings (SSSR count). The van der Waals surface area contributed by atoms with Crippen molar-refractivity contribution in [3.05, 3.63) is 29.3 Å². The van der Waals surface area contributed by atoms with Gasteiger partial charge in [0.05, 0.1) is 23.9 Å². The van der Waals surface area contributed by atoms with Gasteiger partial charge in [-0.2, -0.15) is 0 Å². The summed E-state index contributed by atoms with van der Waals surface area (Å²) in [5.41, 5.74) is 6.37. The average molecular weight is 428 g/mol. The summed E-state index contributed by atoms with van der Waals surface area (Å²) in [5.74, 6) is -0.240. The molecular formula is C16H25Cl3N4O3. The van der Waals surface area contributed by atoms with Gasteiger partial charge >= 0.3 is 0 Å². The van der Waals surface area contributed by atoms with Crippen LogP contribution in [0.4, 0.5) is 5.69 Å². The average Bonchev–Trinajstić information content (AvgIpc) is 2.57. The summed E-state index contributed by atoms with van der Waals surface area (Å²) in [7, 11) is 1.52. The number of benzene rings is 1. The Morgan fingerprint density at radius 2 is 1.85 bits per heavy atom. The first-order chi connectivity index (χ1) is 11.5. The van der Waals surface area contributed by atoms with Crippen LogP contribution in [0, 0.1) is 0 Å². The zero-order chi connectivity index (χ0) is 17.5. The standard InChI is InChI=1S/C16H23ClN4O3.2ClH/c1-24-11-13(18)16(23)21-8-6-20(7-9-21)10-15(22)19-14-5-3-2-4-12(14)17;;/h2-5,13H,6-11,18H2,1H3,(H,19,22);2*1H. The monoisotopic (exact) mass is 426 g/mol. The number of nitrogens with two attached hydrogens (primary N) is 1. The van der Waals surface area contributed by atoms with Gasteiger partial charge in [0.1, 0.15) is 6.04 Å². The zero-order valence-electron chi connectivity index (χ0n) is 14.5. The molecule has 0 saturated carbocycles. The third-order valence-electron chi connectivity index (χ3n) is 3.86. The third kappa shape index (κ3) is 7.26. The number of hydrogen-bond donors (Lipinski definition) is 2. The van der Waals surface area contributed by atoms with Crippen LogP contribution in [0.1, 0.15) is 0 Å². The van der Waals surface area contributed by atoms with E-state index in [-0.39, 0.29) is 49.8 Å². The lowest BCUT2D eigenvalue weighted by Gasteiger charge is -2.35. The van der Waals surface area contributed by atoms with Crippen molar-refractivity contribution in [1.82, 2.24) is 9.80 Å². The van der Waals surface area contributed by atoms with E-state index >= 15 is 0 Å². The van der Waals surface area contributed by atoms with Crippen molar-refractivity contribution >= 4 is 53.9 Å². The van der Waals surface area contributed by atoms with Gasteiger partial charge in [0.15, 0.2) is 0 Å². The van der Waals surface area contributed by atoms with E-state index in [0.29, 0.717) is 36.9 Å². The number of carbonyl (C=O) groups excluding carboxylic acids is 2. The van der Waals surface area contributed by atoms with Crippen molar-refractivity contribution in [3.8, 4) is 0 Å². The van der Waals surface area contributed by atoms with Crippen molar-refractivity contribution < 1.29 is 14.3 Å². The van der Waals surface area contributed by atoms with E-state index in [1.54, 1.807) is 17.0 Å². The summed E-state index contributed by atoms with van der Waals surface area (Å²) in [6.07, 6.45) is 0. The lowest BCUT2D eigenvalue weighted by Crippen LogP contribution is -2.55. The summed E-state index contributed by atoms with van der Waals surface area (Å²) in [6.45, 7) is 2.82. The van der Waals surface area contributed by atoms with Crippen LogP contribution in [0.2, 0.25) is 5.02 Å². The van der Waals surface area contributed by atoms with Gasteiger partial charge in [-0.15, -0.1) is 24.8 Å².